The lowest BCUT2D eigenvalue weighted by atomic mass is 10.2. The van der Waals surface area contributed by atoms with Crippen molar-refractivity contribution in [3.05, 3.63) is 64.8 Å². The Bertz CT molecular complexity index is 1060. The molecule has 3 aromatic heterocycles. The fourth-order valence-corrected chi connectivity index (χ4v) is 3.37. The lowest BCUT2D eigenvalue weighted by Crippen LogP contribution is -2.48. The molecule has 162 valence electrons. The van der Waals surface area contributed by atoms with E-state index in [1.54, 1.807) is 18.5 Å². The average molecular weight is 431 g/mol. The van der Waals surface area contributed by atoms with Gasteiger partial charge in [0.2, 0.25) is 0 Å². The van der Waals surface area contributed by atoms with Crippen LogP contribution in [-0.2, 0) is 12.7 Å². The molecule has 0 atom stereocenters. The summed E-state index contributed by atoms with van der Waals surface area (Å²) in [5.41, 5.74) is 0.418. The van der Waals surface area contributed by atoms with E-state index in [9.17, 15) is 18.0 Å². The van der Waals surface area contributed by atoms with Crippen molar-refractivity contribution >= 4 is 5.82 Å². The summed E-state index contributed by atoms with van der Waals surface area (Å²) in [7, 11) is 0. The van der Waals surface area contributed by atoms with Crippen LogP contribution < -0.4 is 10.5 Å². The van der Waals surface area contributed by atoms with E-state index in [2.05, 4.69) is 25.2 Å². The Labute approximate surface area is 176 Å². The van der Waals surface area contributed by atoms with Crippen molar-refractivity contribution in [2.24, 2.45) is 0 Å². The van der Waals surface area contributed by atoms with Crippen LogP contribution in [0.1, 0.15) is 5.69 Å². The molecule has 0 spiro atoms. The predicted octanol–water partition coefficient (Wildman–Crippen LogP) is 1.94. The first kappa shape index (κ1) is 20.9. The molecule has 0 unspecified atom stereocenters. The van der Waals surface area contributed by atoms with Crippen LogP contribution in [0.3, 0.4) is 0 Å². The lowest BCUT2D eigenvalue weighted by molar-refractivity contribution is -0.141. The summed E-state index contributed by atoms with van der Waals surface area (Å²) >= 11 is 0. The van der Waals surface area contributed by atoms with Gasteiger partial charge in [-0.05, 0) is 30.3 Å². The molecule has 1 saturated heterocycles. The summed E-state index contributed by atoms with van der Waals surface area (Å²) in [6, 6.07) is 9.16. The molecule has 11 heteroatoms. The van der Waals surface area contributed by atoms with E-state index in [0.29, 0.717) is 50.8 Å². The third-order valence-electron chi connectivity index (χ3n) is 5.11. The Balaban J connectivity index is 1.33. The van der Waals surface area contributed by atoms with Crippen LogP contribution in [0.25, 0.3) is 11.3 Å². The van der Waals surface area contributed by atoms with Crippen LogP contribution in [0.15, 0.2) is 53.6 Å². The van der Waals surface area contributed by atoms with Gasteiger partial charge in [-0.3, -0.25) is 14.7 Å². The number of hydrogen-bond acceptors (Lipinski definition) is 7. The van der Waals surface area contributed by atoms with Crippen molar-refractivity contribution in [2.45, 2.75) is 12.7 Å². The van der Waals surface area contributed by atoms with Gasteiger partial charge < -0.3 is 4.90 Å². The van der Waals surface area contributed by atoms with Gasteiger partial charge in [0.1, 0.15) is 0 Å². The second-order valence-corrected chi connectivity index (χ2v) is 7.12. The molecule has 0 bridgehead atoms. The van der Waals surface area contributed by atoms with Crippen LogP contribution in [0, 0.1) is 0 Å². The molecule has 8 nitrogen and oxygen atoms in total. The topological polar surface area (TPSA) is 80.0 Å². The van der Waals surface area contributed by atoms with E-state index >= 15 is 0 Å². The molecule has 0 aliphatic carbocycles. The van der Waals surface area contributed by atoms with Crippen molar-refractivity contribution in [1.82, 2.24) is 29.9 Å². The fourth-order valence-electron chi connectivity index (χ4n) is 3.37. The zero-order valence-electron chi connectivity index (χ0n) is 16.5. The Hall–Kier alpha value is -3.34. The first-order chi connectivity index (χ1) is 14.9. The molecule has 0 amide bonds. The van der Waals surface area contributed by atoms with Crippen molar-refractivity contribution in [2.75, 3.05) is 37.6 Å². The van der Waals surface area contributed by atoms with Crippen LogP contribution in [-0.4, -0.2) is 62.6 Å². The summed E-state index contributed by atoms with van der Waals surface area (Å²) in [6.45, 7) is 3.69. The predicted molar refractivity (Wildman–Crippen MR) is 107 cm³/mol. The first-order valence-electron chi connectivity index (χ1n) is 9.77. The van der Waals surface area contributed by atoms with Gasteiger partial charge in [0.15, 0.2) is 11.5 Å². The van der Waals surface area contributed by atoms with E-state index in [4.69, 9.17) is 0 Å². The minimum absolute atomic E-state index is 0.170. The number of halogens is 3. The van der Waals surface area contributed by atoms with Gasteiger partial charge in [0.25, 0.3) is 5.56 Å². The maximum Gasteiger partial charge on any atom is 0.435 e. The monoisotopic (exact) mass is 431 g/mol. The number of piperazine rings is 1. The number of pyridine rings is 1. The summed E-state index contributed by atoms with van der Waals surface area (Å²) in [5, 5.41) is 11.4. The van der Waals surface area contributed by atoms with E-state index < -0.39 is 11.9 Å². The van der Waals surface area contributed by atoms with Gasteiger partial charge in [0.05, 0.1) is 12.2 Å². The number of anilines is 1. The third kappa shape index (κ3) is 5.05. The molecule has 3 aromatic rings. The summed E-state index contributed by atoms with van der Waals surface area (Å²) in [5.74, 6) is 0.426. The fraction of sp³-hybridized carbons (Fsp3) is 0.350. The minimum atomic E-state index is -4.49. The van der Waals surface area contributed by atoms with Crippen LogP contribution >= 0.6 is 0 Å². The molecule has 4 rings (SSSR count). The quantitative estimate of drug-likeness (QED) is 0.611. The van der Waals surface area contributed by atoms with Crippen molar-refractivity contribution < 1.29 is 13.2 Å². The zero-order chi connectivity index (χ0) is 21.8. The van der Waals surface area contributed by atoms with E-state index in [-0.39, 0.29) is 5.56 Å². The smallest absolute Gasteiger partial charge is 0.353 e. The van der Waals surface area contributed by atoms with Crippen molar-refractivity contribution in [3.8, 4) is 11.3 Å². The number of nitrogens with zero attached hydrogens (tertiary/aromatic N) is 7. The molecule has 1 fully saturated rings. The number of aromatic nitrogens is 5. The summed E-state index contributed by atoms with van der Waals surface area (Å²) in [6.07, 6.45) is -1.15. The van der Waals surface area contributed by atoms with Crippen LogP contribution in [0.5, 0.6) is 0 Å². The summed E-state index contributed by atoms with van der Waals surface area (Å²) < 4.78 is 39.3. The highest BCUT2D eigenvalue weighted by Crippen LogP contribution is 2.27. The van der Waals surface area contributed by atoms with Gasteiger partial charge in [0, 0.05) is 56.7 Å². The second-order valence-electron chi connectivity index (χ2n) is 7.12. The molecule has 1 aliphatic rings. The van der Waals surface area contributed by atoms with E-state index in [1.807, 2.05) is 17.0 Å². The Kier molecular flexibility index (Phi) is 5.94. The van der Waals surface area contributed by atoms with Gasteiger partial charge in [-0.1, -0.05) is 0 Å². The van der Waals surface area contributed by atoms with Gasteiger partial charge in [-0.15, -0.1) is 10.2 Å². The largest absolute Gasteiger partial charge is 0.435 e. The average Bonchev–Trinajstić information content (AvgIpc) is 2.79. The molecule has 0 saturated carbocycles. The Morgan fingerprint density at radius 2 is 1.61 bits per heavy atom. The molecule has 0 aromatic carbocycles. The number of rotatable bonds is 5. The molecular weight excluding hydrogens is 411 g/mol. The third-order valence-corrected chi connectivity index (χ3v) is 5.11. The maximum atomic E-state index is 12.6. The Morgan fingerprint density at radius 1 is 0.871 bits per heavy atom. The number of alkyl halides is 3. The molecule has 1 aliphatic heterocycles. The highest BCUT2D eigenvalue weighted by Gasteiger charge is 2.33. The summed E-state index contributed by atoms with van der Waals surface area (Å²) in [4.78, 5) is 20.2. The molecule has 4 heterocycles. The maximum absolute atomic E-state index is 12.6. The van der Waals surface area contributed by atoms with Crippen LogP contribution in [0.4, 0.5) is 19.0 Å². The van der Waals surface area contributed by atoms with Crippen LogP contribution in [0.2, 0.25) is 0 Å². The van der Waals surface area contributed by atoms with Crippen molar-refractivity contribution in [1.29, 1.82) is 0 Å². The first-order valence-corrected chi connectivity index (χ1v) is 9.77. The standard InChI is InChI=1S/C20H20F3N7O/c21-20(22,23)17-2-3-18(26-25-17)29-12-9-28(10-13-29)11-14-30-19(31)4-1-16(27-30)15-5-7-24-8-6-15/h1-8H,9-14H2. The second kappa shape index (κ2) is 8.80. The molecule has 0 radical (unpaired) electrons. The zero-order valence-corrected chi connectivity index (χ0v) is 16.5. The highest BCUT2D eigenvalue weighted by atomic mass is 19.4. The molecular formula is C20H20F3N7O. The Morgan fingerprint density at radius 3 is 2.26 bits per heavy atom. The lowest BCUT2D eigenvalue weighted by Gasteiger charge is -2.35. The number of hydrogen-bond donors (Lipinski definition) is 0. The van der Waals surface area contributed by atoms with Gasteiger partial charge in [-0.2, -0.15) is 18.3 Å². The van der Waals surface area contributed by atoms with Gasteiger partial charge >= 0.3 is 6.18 Å². The van der Waals surface area contributed by atoms with E-state index in [1.165, 1.54) is 16.8 Å². The molecule has 0 N–H and O–H groups in total. The van der Waals surface area contributed by atoms with Crippen molar-refractivity contribution in [3.63, 3.8) is 0 Å². The van der Waals surface area contributed by atoms with Gasteiger partial charge in [-0.25, -0.2) is 4.68 Å². The SMILES string of the molecule is O=c1ccc(-c2ccncc2)nn1CCN1CCN(c2ccc(C(F)(F)F)nn2)CC1. The molecule has 31 heavy (non-hydrogen) atoms. The minimum Gasteiger partial charge on any atom is -0.353 e. The normalized spacial score (nSPS) is 15.3. The highest BCUT2D eigenvalue weighted by molar-refractivity contribution is 5.57. The van der Waals surface area contributed by atoms with E-state index in [0.717, 1.165) is 11.6 Å².